The molecule has 0 bridgehead atoms. The predicted molar refractivity (Wildman–Crippen MR) is 260 cm³/mol. The Labute approximate surface area is 398 Å². The van der Waals surface area contributed by atoms with Crippen LogP contribution in [0, 0.1) is 20.8 Å². The van der Waals surface area contributed by atoms with Gasteiger partial charge in [0, 0.05) is 72.8 Å². The minimum Gasteiger partial charge on any atom is -0.380 e. The molecule has 3 atom stereocenters. The van der Waals surface area contributed by atoms with Gasteiger partial charge in [0.1, 0.15) is 15.1 Å². The summed E-state index contributed by atoms with van der Waals surface area (Å²) in [5, 5.41) is 1.54. The SMILES string of the molecule is Cc1ccc2c(c1)N(c1nc(N)ncc1Cl)CC21CCOC1.Cc1ccc2c(c1)N(c1nc(N)ncc1Cl)C[C@@]21CCOC1.Cc1ccc2c(c1)N(c1nc(N)ncc1Cl)C[C@]21CCOC1. The van der Waals surface area contributed by atoms with Crippen LogP contribution in [0.4, 0.5) is 52.4 Å². The summed E-state index contributed by atoms with van der Waals surface area (Å²) >= 11 is 19.0. The summed E-state index contributed by atoms with van der Waals surface area (Å²) in [7, 11) is 0. The van der Waals surface area contributed by atoms with E-state index in [0.717, 1.165) is 95.6 Å². The van der Waals surface area contributed by atoms with E-state index in [4.69, 9.17) is 66.2 Å². The van der Waals surface area contributed by atoms with Gasteiger partial charge in [-0.25, -0.2) is 15.0 Å². The first-order valence-corrected chi connectivity index (χ1v) is 23.1. The summed E-state index contributed by atoms with van der Waals surface area (Å²) in [4.78, 5) is 31.4. The van der Waals surface area contributed by atoms with E-state index in [2.05, 4.69) is 120 Å². The zero-order valence-electron chi connectivity index (χ0n) is 37.0. The molecule has 0 aliphatic carbocycles. The molecule has 3 spiro atoms. The molecule has 6 aromatic rings. The van der Waals surface area contributed by atoms with Crippen LogP contribution in [0.1, 0.15) is 52.6 Å². The van der Waals surface area contributed by atoms with Crippen molar-refractivity contribution in [3.05, 3.63) is 122 Å². The number of fused-ring (bicyclic) bond motifs is 6. The molecule has 15 nitrogen and oxygen atoms in total. The molecular formula is C48H51Cl3N12O3. The number of benzene rings is 3. The molecule has 12 rings (SSSR count). The fourth-order valence-corrected chi connectivity index (χ4v) is 11.0. The van der Waals surface area contributed by atoms with Crippen molar-refractivity contribution < 1.29 is 14.2 Å². The molecule has 3 saturated heterocycles. The fourth-order valence-electron chi connectivity index (χ4n) is 10.4. The van der Waals surface area contributed by atoms with Crippen LogP contribution >= 0.6 is 34.8 Å². The van der Waals surface area contributed by atoms with Crippen molar-refractivity contribution in [3.8, 4) is 0 Å². The zero-order valence-corrected chi connectivity index (χ0v) is 39.3. The number of anilines is 9. The first-order chi connectivity index (χ1) is 31.8. The molecule has 0 saturated carbocycles. The minimum atomic E-state index is 0.0199. The molecule has 66 heavy (non-hydrogen) atoms. The van der Waals surface area contributed by atoms with E-state index < -0.39 is 0 Å². The minimum absolute atomic E-state index is 0.0199. The van der Waals surface area contributed by atoms with E-state index in [9.17, 15) is 0 Å². The highest BCUT2D eigenvalue weighted by molar-refractivity contribution is 6.33. The van der Waals surface area contributed by atoms with Crippen LogP contribution in [-0.4, -0.2) is 89.2 Å². The Morgan fingerprint density at radius 1 is 0.470 bits per heavy atom. The number of nitrogens with zero attached hydrogens (tertiary/aromatic N) is 9. The van der Waals surface area contributed by atoms with E-state index in [1.807, 2.05) is 0 Å². The molecule has 3 aromatic carbocycles. The van der Waals surface area contributed by atoms with Crippen molar-refractivity contribution in [2.75, 3.05) is 91.2 Å². The summed E-state index contributed by atoms with van der Waals surface area (Å²) in [5.74, 6) is 2.71. The third kappa shape index (κ3) is 7.88. The lowest BCUT2D eigenvalue weighted by Gasteiger charge is -2.24. The largest absolute Gasteiger partial charge is 0.380 e. The van der Waals surface area contributed by atoms with Gasteiger partial charge in [-0.2, -0.15) is 15.0 Å². The molecular weight excluding hydrogens is 899 g/mol. The van der Waals surface area contributed by atoms with Gasteiger partial charge in [0.05, 0.1) is 38.4 Å². The lowest BCUT2D eigenvalue weighted by Crippen LogP contribution is -2.32. The first kappa shape index (κ1) is 44.3. The number of halogens is 3. The number of rotatable bonds is 3. The fraction of sp³-hybridized carbons (Fsp3) is 0.375. The van der Waals surface area contributed by atoms with Crippen molar-refractivity contribution in [2.45, 2.75) is 56.3 Å². The Morgan fingerprint density at radius 3 is 1.02 bits per heavy atom. The molecule has 18 heteroatoms. The van der Waals surface area contributed by atoms with Gasteiger partial charge in [-0.05, 0) is 91.6 Å². The Bertz CT molecular complexity index is 2530. The molecule has 6 aliphatic rings. The van der Waals surface area contributed by atoms with Crippen LogP contribution < -0.4 is 31.9 Å². The Hall–Kier alpha value is -5.55. The van der Waals surface area contributed by atoms with Gasteiger partial charge in [-0.1, -0.05) is 71.2 Å². The van der Waals surface area contributed by atoms with Gasteiger partial charge in [0.2, 0.25) is 17.8 Å². The zero-order chi connectivity index (χ0) is 46.0. The van der Waals surface area contributed by atoms with Crippen molar-refractivity contribution in [1.29, 1.82) is 0 Å². The lowest BCUT2D eigenvalue weighted by molar-refractivity contribution is 0.180. The molecule has 3 fully saturated rings. The van der Waals surface area contributed by atoms with Crippen LogP contribution in [0.25, 0.3) is 0 Å². The third-order valence-corrected chi connectivity index (χ3v) is 14.5. The standard InChI is InChI=1S/3C16H17ClN4O/c3*1-10-2-3-11-13(6-10)21(8-16(11)4-5-22-9-16)14-12(17)7-19-15(18)20-14/h3*2-3,6-7H,4-5,8-9H2,1H3,(H2,18,19,20)/t2*16-;/m10./s1. The number of hydrogen-bond donors (Lipinski definition) is 3. The summed E-state index contributed by atoms with van der Waals surface area (Å²) in [6, 6.07) is 19.6. The van der Waals surface area contributed by atoms with Gasteiger partial charge in [-0.15, -0.1) is 0 Å². The van der Waals surface area contributed by atoms with E-state index in [-0.39, 0.29) is 34.1 Å². The molecule has 1 unspecified atom stereocenters. The van der Waals surface area contributed by atoms with E-state index in [1.165, 1.54) is 33.4 Å². The van der Waals surface area contributed by atoms with E-state index in [0.29, 0.717) is 32.5 Å². The van der Waals surface area contributed by atoms with Crippen molar-refractivity contribution in [2.24, 2.45) is 0 Å². The van der Waals surface area contributed by atoms with Crippen LogP contribution in [0.15, 0.2) is 73.2 Å². The smallest absolute Gasteiger partial charge is 0.222 e. The highest BCUT2D eigenvalue weighted by atomic mass is 35.5. The van der Waals surface area contributed by atoms with Crippen molar-refractivity contribution >= 4 is 87.2 Å². The van der Waals surface area contributed by atoms with E-state index in [1.54, 1.807) is 18.6 Å². The number of ether oxygens (including phenoxy) is 3. The average molecular weight is 950 g/mol. The summed E-state index contributed by atoms with van der Waals surface area (Å²) in [5.41, 5.74) is 28.3. The second-order valence-electron chi connectivity index (χ2n) is 18.3. The topological polar surface area (TPSA) is 193 Å². The molecule has 6 aliphatic heterocycles. The number of nitrogen functional groups attached to an aromatic ring is 3. The maximum absolute atomic E-state index is 6.32. The summed E-state index contributed by atoms with van der Waals surface area (Å²) < 4.78 is 17.1. The van der Waals surface area contributed by atoms with Gasteiger partial charge in [0.15, 0.2) is 17.5 Å². The highest BCUT2D eigenvalue weighted by Crippen LogP contribution is 2.52. The van der Waals surface area contributed by atoms with Gasteiger partial charge in [-0.3, -0.25) is 0 Å². The number of aryl methyl sites for hydroxylation is 3. The Balaban J connectivity index is 0.000000116. The molecule has 0 radical (unpaired) electrons. The number of nitrogens with two attached hydrogens (primary N) is 3. The number of hydrogen-bond acceptors (Lipinski definition) is 15. The maximum Gasteiger partial charge on any atom is 0.222 e. The van der Waals surface area contributed by atoms with Crippen LogP contribution in [0.3, 0.4) is 0 Å². The predicted octanol–water partition coefficient (Wildman–Crippen LogP) is 8.49. The molecule has 9 heterocycles. The average Bonchev–Trinajstić information content (AvgIpc) is 4.18. The van der Waals surface area contributed by atoms with Gasteiger partial charge >= 0.3 is 0 Å². The summed E-state index contributed by atoms with van der Waals surface area (Å²) in [6.45, 7) is 13.3. The van der Waals surface area contributed by atoms with Gasteiger partial charge in [0.25, 0.3) is 0 Å². The highest BCUT2D eigenvalue weighted by Gasteiger charge is 2.49. The van der Waals surface area contributed by atoms with Crippen LogP contribution in [-0.2, 0) is 30.5 Å². The summed E-state index contributed by atoms with van der Waals surface area (Å²) in [6.07, 6.45) is 7.72. The second kappa shape index (κ2) is 17.3. The maximum atomic E-state index is 6.32. The molecule has 3 aromatic heterocycles. The molecule has 0 amide bonds. The lowest BCUT2D eigenvalue weighted by atomic mass is 9.81. The van der Waals surface area contributed by atoms with Crippen LogP contribution in [0.2, 0.25) is 15.1 Å². The van der Waals surface area contributed by atoms with Crippen LogP contribution in [0.5, 0.6) is 0 Å². The quantitative estimate of drug-likeness (QED) is 0.153. The molecule has 342 valence electrons. The Kier molecular flexibility index (Phi) is 11.6. The first-order valence-electron chi connectivity index (χ1n) is 22.0. The third-order valence-electron chi connectivity index (χ3n) is 13.7. The Morgan fingerprint density at radius 2 is 0.758 bits per heavy atom. The monoisotopic (exact) mass is 948 g/mol. The van der Waals surface area contributed by atoms with Crippen molar-refractivity contribution in [1.82, 2.24) is 29.9 Å². The van der Waals surface area contributed by atoms with Gasteiger partial charge < -0.3 is 46.1 Å². The second-order valence-corrected chi connectivity index (χ2v) is 19.5. The normalized spacial score (nSPS) is 23.3. The van der Waals surface area contributed by atoms with E-state index >= 15 is 0 Å². The molecule has 6 N–H and O–H groups in total. The number of aromatic nitrogens is 6. The van der Waals surface area contributed by atoms with Crippen molar-refractivity contribution in [3.63, 3.8) is 0 Å².